The van der Waals surface area contributed by atoms with Crippen LogP contribution in [0.5, 0.6) is 0 Å². The van der Waals surface area contributed by atoms with E-state index in [-0.39, 0.29) is 11.1 Å². The molecule has 0 saturated heterocycles. The predicted octanol–water partition coefficient (Wildman–Crippen LogP) is 2.59. The van der Waals surface area contributed by atoms with Crippen LogP contribution in [-0.2, 0) is 11.3 Å². The third kappa shape index (κ3) is 3.11. The van der Waals surface area contributed by atoms with E-state index in [2.05, 4.69) is 0 Å². The van der Waals surface area contributed by atoms with E-state index in [0.29, 0.717) is 19.4 Å². The number of carbonyl (C=O) groups is 1. The van der Waals surface area contributed by atoms with Crippen molar-refractivity contribution in [2.45, 2.75) is 20.4 Å². The molecule has 0 amide bonds. The van der Waals surface area contributed by atoms with Gasteiger partial charge in [0.2, 0.25) is 0 Å². The molecule has 0 radical (unpaired) electrons. The molecule has 1 aromatic heterocycles. The lowest BCUT2D eigenvalue weighted by atomic mass is 10.0. The van der Waals surface area contributed by atoms with Crippen LogP contribution in [-0.4, -0.2) is 24.6 Å². The highest BCUT2D eigenvalue weighted by atomic mass is 16.5. The van der Waals surface area contributed by atoms with Crippen molar-refractivity contribution in [3.63, 3.8) is 0 Å². The van der Waals surface area contributed by atoms with Crippen molar-refractivity contribution < 1.29 is 9.53 Å². The summed E-state index contributed by atoms with van der Waals surface area (Å²) in [7, 11) is 1.59. The van der Waals surface area contributed by atoms with E-state index in [4.69, 9.17) is 4.74 Å². The number of rotatable bonds is 5. The summed E-state index contributed by atoms with van der Waals surface area (Å²) in [4.78, 5) is 23.3. The highest BCUT2D eigenvalue weighted by Gasteiger charge is 2.10. The van der Waals surface area contributed by atoms with Gasteiger partial charge in [-0.05, 0) is 48.7 Å². The minimum Gasteiger partial charge on any atom is -0.383 e. The molecule has 2 aromatic rings. The summed E-state index contributed by atoms with van der Waals surface area (Å²) in [6.45, 7) is 4.92. The second kappa shape index (κ2) is 6.50. The molecule has 0 spiro atoms. The zero-order chi connectivity index (χ0) is 15.4. The molecule has 0 aliphatic heterocycles. The van der Waals surface area contributed by atoms with Gasteiger partial charge in [-0.25, -0.2) is 0 Å². The van der Waals surface area contributed by atoms with Crippen LogP contribution in [0.3, 0.4) is 0 Å². The first-order valence-corrected chi connectivity index (χ1v) is 6.84. The lowest BCUT2D eigenvalue weighted by Crippen LogP contribution is -2.26. The van der Waals surface area contributed by atoms with Crippen molar-refractivity contribution in [2.24, 2.45) is 0 Å². The van der Waals surface area contributed by atoms with Crippen molar-refractivity contribution in [3.05, 3.63) is 57.4 Å². The Balaban J connectivity index is 2.61. The van der Waals surface area contributed by atoms with Crippen LogP contribution in [0.15, 0.2) is 35.1 Å². The summed E-state index contributed by atoms with van der Waals surface area (Å²) in [5.41, 5.74) is 4.01. The fourth-order valence-corrected chi connectivity index (χ4v) is 2.24. The van der Waals surface area contributed by atoms with Gasteiger partial charge in [0, 0.05) is 13.7 Å². The minimum atomic E-state index is -0.280. The Kier molecular flexibility index (Phi) is 4.70. The number of pyridine rings is 1. The molecule has 1 heterocycles. The summed E-state index contributed by atoms with van der Waals surface area (Å²) >= 11 is 0. The molecule has 0 fully saturated rings. The van der Waals surface area contributed by atoms with Crippen molar-refractivity contribution in [1.29, 1.82) is 0 Å². The largest absolute Gasteiger partial charge is 0.383 e. The fraction of sp³-hybridized carbons (Fsp3) is 0.294. The second-order valence-electron chi connectivity index (χ2n) is 5.04. The molecular weight excluding hydrogens is 266 g/mol. The first kappa shape index (κ1) is 15.2. The molecule has 0 saturated carbocycles. The maximum atomic E-state index is 12.3. The van der Waals surface area contributed by atoms with Crippen LogP contribution in [0.25, 0.3) is 11.3 Å². The monoisotopic (exact) mass is 285 g/mol. The van der Waals surface area contributed by atoms with Crippen LogP contribution >= 0.6 is 0 Å². The fourth-order valence-electron chi connectivity index (χ4n) is 2.24. The normalized spacial score (nSPS) is 10.6. The number of nitrogens with zero attached hydrogens (tertiary/aromatic N) is 1. The average Bonchev–Trinajstić information content (AvgIpc) is 2.48. The number of hydrogen-bond donors (Lipinski definition) is 0. The minimum absolute atomic E-state index is 0.165. The summed E-state index contributed by atoms with van der Waals surface area (Å²) < 4.78 is 6.65. The first-order chi connectivity index (χ1) is 10.1. The van der Waals surface area contributed by atoms with Gasteiger partial charge in [0.25, 0.3) is 5.56 Å². The number of benzene rings is 1. The number of carbonyl (C=O) groups excluding carboxylic acids is 1. The van der Waals surface area contributed by atoms with E-state index in [0.717, 1.165) is 16.8 Å². The standard InChI is InChI=1S/C17H19NO3/c1-12-4-5-14(10-13(12)2)16-7-6-15(11-19)17(20)18(16)8-9-21-3/h4-7,10-11H,8-9H2,1-3H3. The Hall–Kier alpha value is -2.20. The zero-order valence-corrected chi connectivity index (χ0v) is 12.6. The maximum Gasteiger partial charge on any atom is 0.261 e. The molecule has 0 unspecified atom stereocenters. The molecular formula is C17H19NO3. The number of ether oxygens (including phenoxy) is 1. The Morgan fingerprint density at radius 3 is 2.52 bits per heavy atom. The maximum absolute atomic E-state index is 12.3. The molecule has 0 N–H and O–H groups in total. The van der Waals surface area contributed by atoms with Gasteiger partial charge >= 0.3 is 0 Å². The third-order valence-corrected chi connectivity index (χ3v) is 3.65. The SMILES string of the molecule is COCCn1c(-c2ccc(C)c(C)c2)ccc(C=O)c1=O. The highest BCUT2D eigenvalue weighted by molar-refractivity contribution is 5.75. The van der Waals surface area contributed by atoms with Gasteiger partial charge in [-0.15, -0.1) is 0 Å². The molecule has 4 nitrogen and oxygen atoms in total. The molecule has 2 rings (SSSR count). The summed E-state index contributed by atoms with van der Waals surface area (Å²) in [6.07, 6.45) is 0.593. The molecule has 21 heavy (non-hydrogen) atoms. The molecule has 0 aliphatic rings. The number of aryl methyl sites for hydroxylation is 2. The number of aldehydes is 1. The third-order valence-electron chi connectivity index (χ3n) is 3.65. The zero-order valence-electron chi connectivity index (χ0n) is 12.6. The average molecular weight is 285 g/mol. The Morgan fingerprint density at radius 1 is 1.14 bits per heavy atom. The quantitative estimate of drug-likeness (QED) is 0.793. The summed E-state index contributed by atoms with van der Waals surface area (Å²) in [6, 6.07) is 9.45. The van der Waals surface area contributed by atoms with Crippen LogP contribution in [0.1, 0.15) is 21.5 Å². The molecule has 110 valence electrons. The van der Waals surface area contributed by atoms with Gasteiger partial charge < -0.3 is 9.30 Å². The number of aromatic nitrogens is 1. The summed E-state index contributed by atoms with van der Waals surface area (Å²) in [5, 5.41) is 0. The molecule has 1 aromatic carbocycles. The van der Waals surface area contributed by atoms with Crippen molar-refractivity contribution >= 4 is 6.29 Å². The Morgan fingerprint density at radius 2 is 1.90 bits per heavy atom. The van der Waals surface area contributed by atoms with Crippen molar-refractivity contribution in [1.82, 2.24) is 4.57 Å². The highest BCUT2D eigenvalue weighted by Crippen LogP contribution is 2.21. The van der Waals surface area contributed by atoms with Crippen LogP contribution in [0, 0.1) is 13.8 Å². The van der Waals surface area contributed by atoms with Crippen LogP contribution in [0.2, 0.25) is 0 Å². The van der Waals surface area contributed by atoms with Gasteiger partial charge in [0.05, 0.1) is 17.9 Å². The Labute approximate surface area is 124 Å². The van der Waals surface area contributed by atoms with Crippen LogP contribution in [0.4, 0.5) is 0 Å². The van der Waals surface area contributed by atoms with E-state index >= 15 is 0 Å². The number of methoxy groups -OCH3 is 1. The van der Waals surface area contributed by atoms with Crippen molar-refractivity contribution in [2.75, 3.05) is 13.7 Å². The van der Waals surface area contributed by atoms with E-state index in [1.165, 1.54) is 5.56 Å². The van der Waals surface area contributed by atoms with E-state index < -0.39 is 0 Å². The smallest absolute Gasteiger partial charge is 0.261 e. The predicted molar refractivity (Wildman–Crippen MR) is 82.9 cm³/mol. The molecule has 4 heteroatoms. The van der Waals surface area contributed by atoms with Gasteiger partial charge in [0.15, 0.2) is 6.29 Å². The van der Waals surface area contributed by atoms with E-state index in [9.17, 15) is 9.59 Å². The lowest BCUT2D eigenvalue weighted by molar-refractivity contribution is 0.112. The van der Waals surface area contributed by atoms with Gasteiger partial charge in [-0.1, -0.05) is 12.1 Å². The molecule has 0 aliphatic carbocycles. The van der Waals surface area contributed by atoms with Gasteiger partial charge in [0.1, 0.15) is 0 Å². The molecule has 0 bridgehead atoms. The summed E-state index contributed by atoms with van der Waals surface area (Å²) in [5.74, 6) is 0. The van der Waals surface area contributed by atoms with E-state index in [1.54, 1.807) is 17.7 Å². The lowest BCUT2D eigenvalue weighted by Gasteiger charge is -2.14. The number of hydrogen-bond acceptors (Lipinski definition) is 3. The first-order valence-electron chi connectivity index (χ1n) is 6.84. The molecule has 0 atom stereocenters. The van der Waals surface area contributed by atoms with Crippen LogP contribution < -0.4 is 5.56 Å². The second-order valence-corrected chi connectivity index (χ2v) is 5.04. The Bertz CT molecular complexity index is 716. The topological polar surface area (TPSA) is 48.3 Å². The van der Waals surface area contributed by atoms with Gasteiger partial charge in [-0.3, -0.25) is 9.59 Å². The van der Waals surface area contributed by atoms with Gasteiger partial charge in [-0.2, -0.15) is 0 Å². The van der Waals surface area contributed by atoms with Crippen molar-refractivity contribution in [3.8, 4) is 11.3 Å². The van der Waals surface area contributed by atoms with E-state index in [1.807, 2.05) is 38.1 Å².